The summed E-state index contributed by atoms with van der Waals surface area (Å²) in [5, 5.41) is 21.6. The van der Waals surface area contributed by atoms with Crippen molar-refractivity contribution in [3.8, 4) is 11.5 Å². The maximum Gasteiger partial charge on any atom is 0.138 e. The molecule has 82 valence electrons. The van der Waals surface area contributed by atoms with Crippen molar-refractivity contribution in [3.63, 3.8) is 0 Å². The van der Waals surface area contributed by atoms with E-state index in [1.165, 1.54) is 6.07 Å². The van der Waals surface area contributed by atoms with Crippen molar-refractivity contribution in [2.24, 2.45) is 0 Å². The lowest BCUT2D eigenvalue weighted by Crippen LogP contribution is -1.92. The molecule has 0 aliphatic heterocycles. The van der Waals surface area contributed by atoms with Crippen molar-refractivity contribution in [2.45, 2.75) is 0 Å². The predicted octanol–water partition coefficient (Wildman–Crippen LogP) is 2.42. The van der Waals surface area contributed by atoms with E-state index >= 15 is 0 Å². The van der Waals surface area contributed by atoms with E-state index in [4.69, 9.17) is 5.73 Å². The minimum atomic E-state index is 0.0569. The number of benzene rings is 2. The second-order valence-electron chi connectivity index (χ2n) is 3.45. The highest BCUT2D eigenvalue weighted by molar-refractivity contribution is 5.67. The standard InChI is InChI=1S/C12H12N2O2/c13-11-7-9(4-5-12(11)16)14-8-2-1-3-10(15)6-8/h1-7,14-16H,13H2. The van der Waals surface area contributed by atoms with Gasteiger partial charge in [-0.2, -0.15) is 0 Å². The van der Waals surface area contributed by atoms with Crippen LogP contribution >= 0.6 is 0 Å². The molecule has 2 rings (SSSR count). The van der Waals surface area contributed by atoms with Gasteiger partial charge in [-0.3, -0.25) is 0 Å². The predicted molar refractivity (Wildman–Crippen MR) is 63.9 cm³/mol. The molecule has 0 atom stereocenters. The number of nitrogen functional groups attached to an aromatic ring is 1. The zero-order chi connectivity index (χ0) is 11.5. The number of phenols is 2. The number of hydrogen-bond donors (Lipinski definition) is 4. The highest BCUT2D eigenvalue weighted by Gasteiger charge is 1.99. The summed E-state index contributed by atoms with van der Waals surface area (Å²) in [6.45, 7) is 0. The molecule has 0 heterocycles. The van der Waals surface area contributed by atoms with E-state index < -0.39 is 0 Å². The van der Waals surface area contributed by atoms with Gasteiger partial charge in [-0.1, -0.05) is 6.07 Å². The Hall–Kier alpha value is -2.36. The lowest BCUT2D eigenvalue weighted by Gasteiger charge is -2.08. The lowest BCUT2D eigenvalue weighted by atomic mass is 10.2. The van der Waals surface area contributed by atoms with E-state index in [9.17, 15) is 10.2 Å². The second-order valence-corrected chi connectivity index (χ2v) is 3.45. The van der Waals surface area contributed by atoms with E-state index in [0.29, 0.717) is 5.69 Å². The summed E-state index contributed by atoms with van der Waals surface area (Å²) < 4.78 is 0. The molecule has 0 saturated carbocycles. The quantitative estimate of drug-likeness (QED) is 0.353. The van der Waals surface area contributed by atoms with Gasteiger partial charge in [-0.15, -0.1) is 0 Å². The average Bonchev–Trinajstić information content (AvgIpc) is 2.24. The molecule has 0 spiro atoms. The molecule has 0 aliphatic carbocycles. The van der Waals surface area contributed by atoms with E-state index in [1.807, 2.05) is 6.07 Å². The fourth-order valence-corrected chi connectivity index (χ4v) is 1.38. The Morgan fingerprint density at radius 3 is 2.38 bits per heavy atom. The van der Waals surface area contributed by atoms with Crippen molar-refractivity contribution >= 4 is 17.1 Å². The summed E-state index contributed by atoms with van der Waals surface area (Å²) in [4.78, 5) is 0. The van der Waals surface area contributed by atoms with Gasteiger partial charge in [0.05, 0.1) is 5.69 Å². The van der Waals surface area contributed by atoms with Crippen molar-refractivity contribution in [1.29, 1.82) is 0 Å². The second kappa shape index (κ2) is 4.02. The Labute approximate surface area is 93.0 Å². The summed E-state index contributed by atoms with van der Waals surface area (Å²) in [7, 11) is 0. The SMILES string of the molecule is Nc1cc(Nc2cccc(O)c2)ccc1O. The molecule has 0 aromatic heterocycles. The van der Waals surface area contributed by atoms with Crippen LogP contribution in [0.3, 0.4) is 0 Å². The van der Waals surface area contributed by atoms with Crippen LogP contribution in [0.2, 0.25) is 0 Å². The third-order valence-electron chi connectivity index (χ3n) is 2.16. The fraction of sp³-hybridized carbons (Fsp3) is 0. The molecular formula is C12H12N2O2. The summed E-state index contributed by atoms with van der Waals surface area (Å²) in [5.74, 6) is 0.248. The van der Waals surface area contributed by atoms with Gasteiger partial charge in [-0.05, 0) is 30.3 Å². The maximum absolute atomic E-state index is 9.29. The Balaban J connectivity index is 2.24. The van der Waals surface area contributed by atoms with E-state index in [0.717, 1.165) is 11.4 Å². The Morgan fingerprint density at radius 1 is 0.938 bits per heavy atom. The smallest absolute Gasteiger partial charge is 0.138 e. The average molecular weight is 216 g/mol. The van der Waals surface area contributed by atoms with Crippen LogP contribution in [0.4, 0.5) is 17.1 Å². The number of phenolic OH excluding ortho intramolecular Hbond substituents is 2. The Morgan fingerprint density at radius 2 is 1.69 bits per heavy atom. The summed E-state index contributed by atoms with van der Waals surface area (Å²) in [6.07, 6.45) is 0. The molecule has 2 aromatic rings. The molecule has 0 radical (unpaired) electrons. The third kappa shape index (κ3) is 2.17. The van der Waals surface area contributed by atoms with Gasteiger partial charge in [0, 0.05) is 17.4 Å². The fourth-order valence-electron chi connectivity index (χ4n) is 1.38. The maximum atomic E-state index is 9.29. The van der Waals surface area contributed by atoms with Gasteiger partial charge in [0.1, 0.15) is 11.5 Å². The highest BCUT2D eigenvalue weighted by Crippen LogP contribution is 2.26. The largest absolute Gasteiger partial charge is 0.508 e. The molecule has 0 fully saturated rings. The molecule has 4 nitrogen and oxygen atoms in total. The molecule has 4 heteroatoms. The normalized spacial score (nSPS) is 10.0. The Bertz CT molecular complexity index is 512. The van der Waals surface area contributed by atoms with Crippen LogP contribution in [0.1, 0.15) is 0 Å². The Kier molecular flexibility index (Phi) is 2.55. The monoisotopic (exact) mass is 216 g/mol. The number of anilines is 3. The molecule has 16 heavy (non-hydrogen) atoms. The number of hydrogen-bond acceptors (Lipinski definition) is 4. The summed E-state index contributed by atoms with van der Waals surface area (Å²) in [6, 6.07) is 11.6. The molecule has 0 amide bonds. The van der Waals surface area contributed by atoms with E-state index in [2.05, 4.69) is 5.32 Å². The molecule has 0 aliphatic rings. The first-order chi connectivity index (χ1) is 7.65. The molecule has 0 unspecified atom stereocenters. The van der Waals surface area contributed by atoms with Gasteiger partial charge in [0.15, 0.2) is 0 Å². The first-order valence-electron chi connectivity index (χ1n) is 4.80. The number of nitrogens with one attached hydrogen (secondary N) is 1. The van der Waals surface area contributed by atoms with Crippen LogP contribution in [0, 0.1) is 0 Å². The van der Waals surface area contributed by atoms with Crippen molar-refractivity contribution < 1.29 is 10.2 Å². The molecule has 0 saturated heterocycles. The van der Waals surface area contributed by atoms with Gasteiger partial charge < -0.3 is 21.3 Å². The number of aromatic hydroxyl groups is 2. The minimum absolute atomic E-state index is 0.0569. The van der Waals surface area contributed by atoms with Crippen LogP contribution in [-0.4, -0.2) is 10.2 Å². The molecular weight excluding hydrogens is 204 g/mol. The highest BCUT2D eigenvalue weighted by atomic mass is 16.3. The van der Waals surface area contributed by atoms with Gasteiger partial charge >= 0.3 is 0 Å². The first-order valence-corrected chi connectivity index (χ1v) is 4.80. The van der Waals surface area contributed by atoms with E-state index in [1.54, 1.807) is 30.3 Å². The van der Waals surface area contributed by atoms with Crippen molar-refractivity contribution in [1.82, 2.24) is 0 Å². The minimum Gasteiger partial charge on any atom is -0.508 e. The third-order valence-corrected chi connectivity index (χ3v) is 2.16. The molecule has 2 aromatic carbocycles. The van der Waals surface area contributed by atoms with Crippen LogP contribution in [0.5, 0.6) is 11.5 Å². The molecule has 5 N–H and O–H groups in total. The van der Waals surface area contributed by atoms with Crippen molar-refractivity contribution in [2.75, 3.05) is 11.1 Å². The van der Waals surface area contributed by atoms with E-state index in [-0.39, 0.29) is 11.5 Å². The zero-order valence-electron chi connectivity index (χ0n) is 8.51. The zero-order valence-corrected chi connectivity index (χ0v) is 8.51. The van der Waals surface area contributed by atoms with Crippen LogP contribution in [-0.2, 0) is 0 Å². The van der Waals surface area contributed by atoms with Gasteiger partial charge in [0.2, 0.25) is 0 Å². The lowest BCUT2D eigenvalue weighted by molar-refractivity contribution is 0.475. The molecule has 0 bridgehead atoms. The van der Waals surface area contributed by atoms with Gasteiger partial charge in [-0.25, -0.2) is 0 Å². The first kappa shape index (κ1) is 10.2. The van der Waals surface area contributed by atoms with Crippen LogP contribution < -0.4 is 11.1 Å². The summed E-state index contributed by atoms with van der Waals surface area (Å²) in [5.41, 5.74) is 7.38. The topological polar surface area (TPSA) is 78.5 Å². The van der Waals surface area contributed by atoms with Crippen LogP contribution in [0.15, 0.2) is 42.5 Å². The summed E-state index contributed by atoms with van der Waals surface area (Å²) >= 11 is 0. The van der Waals surface area contributed by atoms with Crippen molar-refractivity contribution in [3.05, 3.63) is 42.5 Å². The van der Waals surface area contributed by atoms with Crippen LogP contribution in [0.25, 0.3) is 0 Å². The number of rotatable bonds is 2. The number of nitrogens with two attached hydrogens (primary N) is 1. The van der Waals surface area contributed by atoms with Gasteiger partial charge in [0.25, 0.3) is 0 Å².